The van der Waals surface area contributed by atoms with Crippen molar-refractivity contribution in [3.63, 3.8) is 0 Å². The van der Waals surface area contributed by atoms with Crippen LogP contribution >= 0.6 is 7.82 Å². The van der Waals surface area contributed by atoms with Gasteiger partial charge in [0.2, 0.25) is 0 Å². The highest BCUT2D eigenvalue weighted by Gasteiger charge is 2.23. The van der Waals surface area contributed by atoms with Crippen LogP contribution in [0.1, 0.15) is 156 Å². The van der Waals surface area contributed by atoms with Gasteiger partial charge in [0, 0.05) is 12.8 Å². The largest absolute Gasteiger partial charge is 0.469 e. The molecule has 0 rings (SSSR count). The fourth-order valence-corrected chi connectivity index (χ4v) is 5.56. The van der Waals surface area contributed by atoms with Crippen molar-refractivity contribution in [2.75, 3.05) is 13.2 Å². The van der Waals surface area contributed by atoms with Crippen LogP contribution < -0.4 is 0 Å². The van der Waals surface area contributed by atoms with Crippen LogP contribution in [-0.4, -0.2) is 63.5 Å². The Bertz CT molecular complexity index is 1020. The predicted octanol–water partition coefficient (Wildman–Crippen LogP) is 9.37. The second kappa shape index (κ2) is 33.7. The first kappa shape index (κ1) is 48.9. The minimum atomic E-state index is -4.83. The van der Waals surface area contributed by atoms with Crippen molar-refractivity contribution in [1.82, 2.24) is 0 Å². The Hall–Kier alpha value is -2.07. The lowest BCUT2D eigenvalue weighted by atomic mass is 9.99. The average Bonchev–Trinajstić information content (AvgIpc) is 3.09. The predicted molar refractivity (Wildman–Crippen MR) is 205 cm³/mol. The third kappa shape index (κ3) is 34.8. The summed E-state index contributed by atoms with van der Waals surface area (Å²) in [4.78, 5) is 42.8. The summed E-state index contributed by atoms with van der Waals surface area (Å²) in [6.45, 7) is 5.64. The number of carbonyl (C=O) groups is 2. The lowest BCUT2D eigenvalue weighted by Gasteiger charge is -2.19. The van der Waals surface area contributed by atoms with Gasteiger partial charge in [-0.3, -0.25) is 14.1 Å². The highest BCUT2D eigenvalue weighted by atomic mass is 31.2. The maximum atomic E-state index is 12.4. The Balaban J connectivity index is 4.24. The first-order valence-electron chi connectivity index (χ1n) is 19.5. The highest BCUT2D eigenvalue weighted by molar-refractivity contribution is 7.46. The third-order valence-electron chi connectivity index (χ3n) is 8.60. The first-order chi connectivity index (χ1) is 24.5. The molecular formula is C40H71O10P. The topological polar surface area (TPSA) is 160 Å². The van der Waals surface area contributed by atoms with E-state index in [-0.39, 0.29) is 32.1 Å². The Kier molecular flexibility index (Phi) is 32.4. The number of hydrogen-bond acceptors (Lipinski definition) is 8. The van der Waals surface area contributed by atoms with E-state index in [2.05, 4.69) is 55.7 Å². The summed E-state index contributed by atoms with van der Waals surface area (Å²) in [5, 5.41) is 20.5. The minimum absolute atomic E-state index is 0.105. The fourth-order valence-electron chi connectivity index (χ4n) is 5.20. The zero-order chi connectivity index (χ0) is 38.0. The summed E-state index contributed by atoms with van der Waals surface area (Å²) in [6.07, 6.45) is 31.5. The van der Waals surface area contributed by atoms with Gasteiger partial charge in [-0.1, -0.05) is 140 Å². The molecule has 0 fully saturated rings. The molecule has 0 bridgehead atoms. The number of phosphoric ester groups is 1. The molecule has 0 aromatic rings. The van der Waals surface area contributed by atoms with Crippen molar-refractivity contribution < 1.29 is 48.2 Å². The van der Waals surface area contributed by atoms with Gasteiger partial charge in [0.05, 0.1) is 18.8 Å². The standard InChI is InChI=1S/C40H71O10P/c1-4-6-7-8-9-10-11-12-16-19-22-25-29-37(41)38(42)30-27-32-40(44)50-36(34-49-51(45,46)47)33-48-39(43)31-26-23-20-17-14-13-15-18-21-24-28-35(3)5-2/h6-7,9-10,12,16,22,25,35-38,41-42H,4-5,8,11,13-15,17-21,23-24,26-34H2,1-3H3,(H2,45,46,47)/b7-6-,10-9-,16-12-,25-22-/t35?,36-,37-,38-/m1/s1. The first-order valence-corrected chi connectivity index (χ1v) is 21.0. The number of aliphatic hydroxyl groups is 2. The summed E-state index contributed by atoms with van der Waals surface area (Å²) >= 11 is 0. The van der Waals surface area contributed by atoms with Crippen LogP contribution in [0.5, 0.6) is 0 Å². The summed E-state index contributed by atoms with van der Waals surface area (Å²) in [7, 11) is -4.83. The number of esters is 2. The molecule has 0 aliphatic carbocycles. The Morgan fingerprint density at radius 1 is 0.627 bits per heavy atom. The van der Waals surface area contributed by atoms with Crippen LogP contribution in [-0.2, 0) is 28.2 Å². The molecule has 0 aromatic heterocycles. The molecule has 0 heterocycles. The molecule has 0 amide bonds. The molecule has 0 aliphatic heterocycles. The Morgan fingerprint density at radius 2 is 1.14 bits per heavy atom. The number of hydrogen-bond donors (Lipinski definition) is 4. The van der Waals surface area contributed by atoms with Crippen molar-refractivity contribution in [2.24, 2.45) is 5.92 Å². The molecule has 0 saturated carbocycles. The summed E-state index contributed by atoms with van der Waals surface area (Å²) in [5.41, 5.74) is 0. The number of unbranched alkanes of at least 4 members (excludes halogenated alkanes) is 9. The molecule has 10 nitrogen and oxygen atoms in total. The van der Waals surface area contributed by atoms with Gasteiger partial charge >= 0.3 is 19.8 Å². The van der Waals surface area contributed by atoms with E-state index in [1.807, 2.05) is 18.2 Å². The van der Waals surface area contributed by atoms with Gasteiger partial charge in [-0.25, -0.2) is 4.57 Å². The number of allylic oxidation sites excluding steroid dienone is 7. The molecule has 0 aromatic carbocycles. The number of phosphoric acid groups is 1. The number of ether oxygens (including phenoxy) is 2. The molecule has 51 heavy (non-hydrogen) atoms. The molecule has 1 unspecified atom stereocenters. The summed E-state index contributed by atoms with van der Waals surface area (Å²) in [5.74, 6) is -0.340. The fraction of sp³-hybridized carbons (Fsp3) is 0.750. The average molecular weight is 743 g/mol. The van der Waals surface area contributed by atoms with E-state index in [9.17, 15) is 24.4 Å². The van der Waals surface area contributed by atoms with E-state index < -0.39 is 51.3 Å². The van der Waals surface area contributed by atoms with Crippen molar-refractivity contribution in [3.05, 3.63) is 48.6 Å². The van der Waals surface area contributed by atoms with E-state index in [1.165, 1.54) is 51.4 Å². The van der Waals surface area contributed by atoms with Gasteiger partial charge in [0.25, 0.3) is 0 Å². The minimum Gasteiger partial charge on any atom is -0.462 e. The number of aliphatic hydroxyl groups excluding tert-OH is 2. The summed E-state index contributed by atoms with van der Waals surface area (Å²) in [6, 6.07) is 0. The van der Waals surface area contributed by atoms with Gasteiger partial charge in [-0.05, 0) is 57.3 Å². The van der Waals surface area contributed by atoms with Crippen molar-refractivity contribution in [3.8, 4) is 0 Å². The van der Waals surface area contributed by atoms with Crippen LogP contribution in [0.3, 0.4) is 0 Å². The zero-order valence-electron chi connectivity index (χ0n) is 31.9. The van der Waals surface area contributed by atoms with Crippen molar-refractivity contribution in [1.29, 1.82) is 0 Å². The van der Waals surface area contributed by atoms with Gasteiger partial charge in [-0.2, -0.15) is 0 Å². The molecule has 0 aliphatic rings. The molecule has 11 heteroatoms. The van der Waals surface area contributed by atoms with Crippen LogP contribution in [0, 0.1) is 5.92 Å². The van der Waals surface area contributed by atoms with Gasteiger partial charge in [0.15, 0.2) is 6.10 Å². The lowest BCUT2D eigenvalue weighted by molar-refractivity contribution is -0.161. The molecule has 4 atom stereocenters. The van der Waals surface area contributed by atoms with Crippen LogP contribution in [0.15, 0.2) is 48.6 Å². The van der Waals surface area contributed by atoms with Crippen LogP contribution in [0.2, 0.25) is 0 Å². The maximum Gasteiger partial charge on any atom is 0.469 e. The third-order valence-corrected chi connectivity index (χ3v) is 9.09. The highest BCUT2D eigenvalue weighted by Crippen LogP contribution is 2.36. The second-order valence-electron chi connectivity index (χ2n) is 13.4. The second-order valence-corrected chi connectivity index (χ2v) is 14.7. The number of carbonyl (C=O) groups excluding carboxylic acids is 2. The molecule has 0 radical (unpaired) electrons. The lowest BCUT2D eigenvalue weighted by Crippen LogP contribution is -2.30. The molecule has 296 valence electrons. The van der Waals surface area contributed by atoms with Crippen LogP contribution in [0.4, 0.5) is 0 Å². The molecular weight excluding hydrogens is 671 g/mol. The SMILES string of the molecule is CC/C=C\C/C=C\C/C=C\C/C=C\C[C@@H](O)[C@H](O)CCCC(=O)O[C@H](COC(=O)CCCCCCCCCCCCC(C)CC)COP(=O)(O)O. The Labute approximate surface area is 309 Å². The molecule has 4 N–H and O–H groups in total. The molecule has 0 saturated heterocycles. The van der Waals surface area contributed by atoms with E-state index in [0.29, 0.717) is 6.42 Å². The quantitative estimate of drug-likeness (QED) is 0.0217. The monoisotopic (exact) mass is 742 g/mol. The Morgan fingerprint density at radius 3 is 1.69 bits per heavy atom. The number of rotatable bonds is 34. The van der Waals surface area contributed by atoms with Gasteiger partial charge < -0.3 is 29.5 Å². The zero-order valence-corrected chi connectivity index (χ0v) is 32.8. The van der Waals surface area contributed by atoms with E-state index in [4.69, 9.17) is 19.3 Å². The van der Waals surface area contributed by atoms with Crippen LogP contribution in [0.25, 0.3) is 0 Å². The van der Waals surface area contributed by atoms with Gasteiger partial charge in [-0.15, -0.1) is 0 Å². The normalized spacial score (nSPS) is 14.9. The van der Waals surface area contributed by atoms with E-state index >= 15 is 0 Å². The van der Waals surface area contributed by atoms with Gasteiger partial charge in [0.1, 0.15) is 6.61 Å². The smallest absolute Gasteiger partial charge is 0.462 e. The van der Waals surface area contributed by atoms with Crippen molar-refractivity contribution >= 4 is 19.8 Å². The maximum absolute atomic E-state index is 12.4. The van der Waals surface area contributed by atoms with Crippen molar-refractivity contribution in [2.45, 2.75) is 174 Å². The van der Waals surface area contributed by atoms with E-state index in [1.54, 1.807) is 0 Å². The molecule has 0 spiro atoms. The summed E-state index contributed by atoms with van der Waals surface area (Å²) < 4.78 is 26.2. The van der Waals surface area contributed by atoms with E-state index in [0.717, 1.165) is 50.9 Å².